The zero-order valence-electron chi connectivity index (χ0n) is 12.5. The molecule has 3 nitrogen and oxygen atoms in total. The van der Waals surface area contributed by atoms with Crippen LogP contribution in [0.3, 0.4) is 0 Å². The molecule has 1 aliphatic rings. The highest BCUT2D eigenvalue weighted by Crippen LogP contribution is 2.36. The molecule has 1 fully saturated rings. The first-order chi connectivity index (χ1) is 9.65. The van der Waals surface area contributed by atoms with E-state index in [0.717, 1.165) is 45.1 Å². The number of thiophene rings is 1. The first-order valence-corrected chi connectivity index (χ1v) is 8.55. The first-order valence-electron chi connectivity index (χ1n) is 7.67. The Hall–Kier alpha value is -0.870. The predicted molar refractivity (Wildman–Crippen MR) is 83.3 cm³/mol. The van der Waals surface area contributed by atoms with Gasteiger partial charge in [-0.1, -0.05) is 26.2 Å². The van der Waals surface area contributed by atoms with Crippen LogP contribution < -0.4 is 0 Å². The highest BCUT2D eigenvalue weighted by molar-refractivity contribution is 7.10. The number of likely N-dealkylation sites (tertiary alicyclic amines) is 1. The maximum atomic E-state index is 11.6. The number of aryl methyl sites for hydroxylation is 1. The van der Waals surface area contributed by atoms with Crippen LogP contribution in [-0.2, 0) is 4.79 Å². The van der Waals surface area contributed by atoms with E-state index in [2.05, 4.69) is 30.2 Å². The van der Waals surface area contributed by atoms with Gasteiger partial charge in [0.15, 0.2) is 0 Å². The van der Waals surface area contributed by atoms with Gasteiger partial charge in [-0.15, -0.1) is 11.3 Å². The van der Waals surface area contributed by atoms with E-state index in [1.807, 2.05) is 0 Å². The molecule has 20 heavy (non-hydrogen) atoms. The third-order valence-electron chi connectivity index (χ3n) is 4.27. The third-order valence-corrected chi connectivity index (χ3v) is 5.39. The van der Waals surface area contributed by atoms with Gasteiger partial charge in [-0.2, -0.15) is 0 Å². The Labute approximate surface area is 125 Å². The van der Waals surface area contributed by atoms with E-state index < -0.39 is 5.97 Å². The summed E-state index contributed by atoms with van der Waals surface area (Å²) in [6.07, 6.45) is 6.34. The Bertz CT molecular complexity index is 443. The van der Waals surface area contributed by atoms with Gasteiger partial charge < -0.3 is 5.11 Å². The quantitative estimate of drug-likeness (QED) is 0.854. The Morgan fingerprint density at radius 1 is 1.55 bits per heavy atom. The number of carboxylic acid groups (broad SMARTS) is 1. The lowest BCUT2D eigenvalue weighted by atomic mass is 9.95. The van der Waals surface area contributed by atoms with E-state index in [1.54, 1.807) is 11.3 Å². The van der Waals surface area contributed by atoms with Crippen molar-refractivity contribution < 1.29 is 9.90 Å². The zero-order chi connectivity index (χ0) is 14.5. The fourth-order valence-electron chi connectivity index (χ4n) is 3.16. The summed E-state index contributed by atoms with van der Waals surface area (Å²) in [6.45, 7) is 5.26. The summed E-state index contributed by atoms with van der Waals surface area (Å²) in [5.41, 5.74) is 1.31. The van der Waals surface area contributed by atoms with Crippen LogP contribution in [0, 0.1) is 6.92 Å². The highest BCUT2D eigenvalue weighted by atomic mass is 32.1. The molecule has 0 saturated carbocycles. The molecule has 0 aliphatic carbocycles. The number of nitrogens with zero attached hydrogens (tertiary/aromatic N) is 1. The van der Waals surface area contributed by atoms with Gasteiger partial charge in [-0.3, -0.25) is 9.69 Å². The van der Waals surface area contributed by atoms with Crippen molar-refractivity contribution in [2.75, 3.05) is 6.54 Å². The number of hydrogen-bond donors (Lipinski definition) is 1. The highest BCUT2D eigenvalue weighted by Gasteiger charge is 2.34. The summed E-state index contributed by atoms with van der Waals surface area (Å²) < 4.78 is 0. The maximum Gasteiger partial charge on any atom is 0.320 e. The lowest BCUT2D eigenvalue weighted by Gasteiger charge is -2.39. The molecule has 2 unspecified atom stereocenters. The number of rotatable bonds is 6. The van der Waals surface area contributed by atoms with Crippen LogP contribution in [0.25, 0.3) is 0 Å². The minimum Gasteiger partial charge on any atom is -0.480 e. The molecule has 2 rings (SSSR count). The van der Waals surface area contributed by atoms with Crippen molar-refractivity contribution >= 4 is 17.3 Å². The topological polar surface area (TPSA) is 40.5 Å². The number of carbonyl (C=O) groups is 1. The van der Waals surface area contributed by atoms with Gasteiger partial charge in [0.05, 0.1) is 0 Å². The summed E-state index contributed by atoms with van der Waals surface area (Å²) in [7, 11) is 0. The molecular weight excluding hydrogens is 270 g/mol. The van der Waals surface area contributed by atoms with Crippen molar-refractivity contribution in [3.63, 3.8) is 0 Å². The van der Waals surface area contributed by atoms with Crippen molar-refractivity contribution in [2.24, 2.45) is 0 Å². The number of unbranched alkanes of at least 4 members (excludes halogenated alkanes) is 1. The van der Waals surface area contributed by atoms with Crippen LogP contribution in [0.5, 0.6) is 0 Å². The van der Waals surface area contributed by atoms with E-state index in [-0.39, 0.29) is 12.1 Å². The molecule has 1 aliphatic heterocycles. The van der Waals surface area contributed by atoms with E-state index in [4.69, 9.17) is 0 Å². The number of piperidine rings is 1. The predicted octanol–water partition coefficient (Wildman–Crippen LogP) is 4.23. The average Bonchev–Trinajstić information content (AvgIpc) is 2.86. The first kappa shape index (κ1) is 15.5. The second-order valence-corrected chi connectivity index (χ2v) is 6.66. The Kier molecular flexibility index (Phi) is 5.61. The van der Waals surface area contributed by atoms with Crippen molar-refractivity contribution in [1.82, 2.24) is 4.90 Å². The van der Waals surface area contributed by atoms with Crippen LogP contribution in [-0.4, -0.2) is 28.6 Å². The minimum absolute atomic E-state index is 0.288. The third kappa shape index (κ3) is 3.41. The summed E-state index contributed by atoms with van der Waals surface area (Å²) in [6, 6.07) is 2.14. The molecule has 1 saturated heterocycles. The summed E-state index contributed by atoms with van der Waals surface area (Å²) >= 11 is 1.78. The van der Waals surface area contributed by atoms with Crippen molar-refractivity contribution in [2.45, 2.75) is 64.5 Å². The van der Waals surface area contributed by atoms with Crippen molar-refractivity contribution in [3.8, 4) is 0 Å². The largest absolute Gasteiger partial charge is 0.480 e. The van der Waals surface area contributed by atoms with Gasteiger partial charge in [-0.25, -0.2) is 0 Å². The molecule has 4 heteroatoms. The van der Waals surface area contributed by atoms with Gasteiger partial charge in [0.2, 0.25) is 0 Å². The Morgan fingerprint density at radius 3 is 2.95 bits per heavy atom. The molecule has 1 aromatic rings. The van der Waals surface area contributed by atoms with Crippen molar-refractivity contribution in [1.29, 1.82) is 0 Å². The van der Waals surface area contributed by atoms with E-state index in [1.165, 1.54) is 10.4 Å². The maximum absolute atomic E-state index is 11.6. The van der Waals surface area contributed by atoms with Gasteiger partial charge >= 0.3 is 5.97 Å². The molecule has 0 spiro atoms. The summed E-state index contributed by atoms with van der Waals surface area (Å²) in [5.74, 6) is -0.652. The lowest BCUT2D eigenvalue weighted by molar-refractivity contribution is -0.146. The molecule has 2 atom stereocenters. The molecule has 0 amide bonds. The molecule has 1 aromatic heterocycles. The summed E-state index contributed by atoms with van der Waals surface area (Å²) in [4.78, 5) is 15.2. The SMILES string of the molecule is CCCCC(c1sccc1C)N1CCCCC1C(=O)O. The molecule has 1 N–H and O–H groups in total. The smallest absolute Gasteiger partial charge is 0.320 e. The fraction of sp³-hybridized carbons (Fsp3) is 0.688. The molecular formula is C16H25NO2S. The Morgan fingerprint density at radius 2 is 2.35 bits per heavy atom. The van der Waals surface area contributed by atoms with Gasteiger partial charge in [0.1, 0.15) is 6.04 Å². The normalized spacial score (nSPS) is 21.8. The van der Waals surface area contributed by atoms with Gasteiger partial charge in [0, 0.05) is 10.9 Å². The van der Waals surface area contributed by atoms with Crippen LogP contribution in [0.2, 0.25) is 0 Å². The average molecular weight is 295 g/mol. The Balaban J connectivity index is 2.24. The number of carboxylic acids is 1. The van der Waals surface area contributed by atoms with Crippen LogP contribution in [0.4, 0.5) is 0 Å². The summed E-state index contributed by atoms with van der Waals surface area (Å²) in [5, 5.41) is 11.6. The fourth-order valence-corrected chi connectivity index (χ4v) is 4.25. The van der Waals surface area contributed by atoms with Gasteiger partial charge in [0.25, 0.3) is 0 Å². The van der Waals surface area contributed by atoms with E-state index in [0.29, 0.717) is 0 Å². The second kappa shape index (κ2) is 7.23. The van der Waals surface area contributed by atoms with Gasteiger partial charge in [-0.05, 0) is 49.7 Å². The van der Waals surface area contributed by atoms with Crippen LogP contribution >= 0.6 is 11.3 Å². The van der Waals surface area contributed by atoms with E-state index in [9.17, 15) is 9.90 Å². The lowest BCUT2D eigenvalue weighted by Crippen LogP contribution is -2.46. The molecule has 0 aromatic carbocycles. The molecule has 112 valence electrons. The van der Waals surface area contributed by atoms with Crippen LogP contribution in [0.15, 0.2) is 11.4 Å². The minimum atomic E-state index is -0.652. The monoisotopic (exact) mass is 295 g/mol. The molecule has 0 bridgehead atoms. The molecule has 2 heterocycles. The second-order valence-electron chi connectivity index (χ2n) is 5.71. The zero-order valence-corrected chi connectivity index (χ0v) is 13.3. The standard InChI is InChI=1S/C16H25NO2S/c1-3-4-7-13(15-12(2)9-11-20-15)17-10-6-5-8-14(17)16(18)19/h9,11,13-14H,3-8,10H2,1-2H3,(H,18,19). The molecule has 0 radical (unpaired) electrons. The number of hydrogen-bond acceptors (Lipinski definition) is 3. The van der Waals surface area contributed by atoms with Crippen LogP contribution in [0.1, 0.15) is 61.9 Å². The van der Waals surface area contributed by atoms with E-state index >= 15 is 0 Å². The number of aliphatic carboxylic acids is 1. The van der Waals surface area contributed by atoms with Crippen molar-refractivity contribution in [3.05, 3.63) is 21.9 Å².